The summed E-state index contributed by atoms with van der Waals surface area (Å²) in [6.07, 6.45) is -45.1. The minimum absolute atomic E-state index is 1.17. The fourth-order valence-electron chi connectivity index (χ4n) is 1.84. The van der Waals surface area contributed by atoms with Gasteiger partial charge >= 0.3 is 46.6 Å². The maximum Gasteiger partial charge on any atom is 0.428 e. The zero-order chi connectivity index (χ0) is 32.6. The van der Waals surface area contributed by atoms with E-state index in [1.54, 1.807) is 0 Å². The first-order valence-corrected chi connectivity index (χ1v) is 10.3. The van der Waals surface area contributed by atoms with Crippen molar-refractivity contribution < 1.29 is 115 Å². The van der Waals surface area contributed by atoms with Crippen molar-refractivity contribution >= 4 is 20.2 Å². The van der Waals surface area contributed by atoms with Gasteiger partial charge in [-0.3, -0.25) is 9.11 Å². The second-order valence-corrected chi connectivity index (χ2v) is 9.06. The molecule has 0 saturated carbocycles. The van der Waals surface area contributed by atoms with Crippen molar-refractivity contribution in [2.45, 2.75) is 59.8 Å². The molecule has 0 atom stereocenters. The fourth-order valence-corrected chi connectivity index (χ4v) is 3.60. The van der Waals surface area contributed by atoms with Gasteiger partial charge in [0.1, 0.15) is 6.29 Å². The number of rotatable bonds is 2. The molecule has 0 amide bonds. The molecule has 4 N–H and O–H groups in total. The standard InChI is InChI=1S/2C4HF9O3S.C2H6O2/c2*5-2(6,7)1(3(8,9)10,4(11,12)13)17(14,15)16;1-2(3)4/h2*(H,14,15,16);2-4H,1H3. The Morgan fingerprint density at radius 1 is 0.421 bits per heavy atom. The Morgan fingerprint density at radius 2 is 0.500 bits per heavy atom. The normalized spacial score (nSPS) is 15.4. The number of aliphatic hydroxyl groups is 2. The molecule has 0 radical (unpaired) electrons. The van der Waals surface area contributed by atoms with Crippen LogP contribution in [0.3, 0.4) is 0 Å². The van der Waals surface area contributed by atoms with Crippen LogP contribution in [0.25, 0.3) is 0 Å². The van der Waals surface area contributed by atoms with Crippen LogP contribution < -0.4 is 0 Å². The minimum Gasteiger partial charge on any atom is -0.368 e. The van der Waals surface area contributed by atoms with E-state index in [9.17, 15) is 95.9 Å². The highest BCUT2D eigenvalue weighted by molar-refractivity contribution is 7.87. The molecular formula is C10H8F18O8S2. The molecule has 0 aromatic carbocycles. The molecule has 0 aromatic rings. The molecule has 0 unspecified atom stereocenters. The van der Waals surface area contributed by atoms with Crippen molar-refractivity contribution in [1.82, 2.24) is 0 Å². The highest BCUT2D eigenvalue weighted by atomic mass is 32.2. The Labute approximate surface area is 196 Å². The van der Waals surface area contributed by atoms with E-state index in [2.05, 4.69) is 0 Å². The van der Waals surface area contributed by atoms with Gasteiger partial charge in [-0.25, -0.2) is 0 Å². The zero-order valence-corrected chi connectivity index (χ0v) is 18.3. The van der Waals surface area contributed by atoms with Gasteiger partial charge < -0.3 is 10.2 Å². The van der Waals surface area contributed by atoms with Crippen molar-refractivity contribution in [2.24, 2.45) is 0 Å². The van der Waals surface area contributed by atoms with Crippen LogP contribution in [0.5, 0.6) is 0 Å². The summed E-state index contributed by atoms with van der Waals surface area (Å²) >= 11 is 0. The van der Waals surface area contributed by atoms with Crippen molar-refractivity contribution in [3.05, 3.63) is 0 Å². The molecule has 28 heteroatoms. The largest absolute Gasteiger partial charge is 0.428 e. The third-order valence-corrected chi connectivity index (χ3v) is 6.11. The van der Waals surface area contributed by atoms with Crippen molar-refractivity contribution in [3.8, 4) is 0 Å². The van der Waals surface area contributed by atoms with Crippen molar-refractivity contribution in [3.63, 3.8) is 0 Å². The van der Waals surface area contributed by atoms with Gasteiger partial charge in [0.2, 0.25) is 0 Å². The maximum atomic E-state index is 11.9. The van der Waals surface area contributed by atoms with Crippen LogP contribution in [0, 0.1) is 0 Å². The van der Waals surface area contributed by atoms with Crippen LogP contribution >= 0.6 is 0 Å². The molecule has 0 aliphatic heterocycles. The molecule has 0 aliphatic carbocycles. The van der Waals surface area contributed by atoms with Crippen LogP contribution in [0.2, 0.25) is 0 Å². The number of hydrogen-bond donors (Lipinski definition) is 4. The molecule has 38 heavy (non-hydrogen) atoms. The topological polar surface area (TPSA) is 149 Å². The van der Waals surface area contributed by atoms with E-state index < -0.39 is 73.1 Å². The lowest BCUT2D eigenvalue weighted by atomic mass is 10.1. The highest BCUT2D eigenvalue weighted by Gasteiger charge is 2.92. The maximum absolute atomic E-state index is 11.9. The Balaban J connectivity index is -0.000000564. The van der Waals surface area contributed by atoms with Crippen LogP contribution in [0.1, 0.15) is 6.92 Å². The molecule has 0 bridgehead atoms. The number of halogens is 18. The van der Waals surface area contributed by atoms with Gasteiger partial charge in [-0.1, -0.05) is 0 Å². The van der Waals surface area contributed by atoms with E-state index >= 15 is 0 Å². The molecule has 8 nitrogen and oxygen atoms in total. The van der Waals surface area contributed by atoms with Crippen LogP contribution in [0.15, 0.2) is 0 Å². The molecule has 0 aliphatic rings. The fraction of sp³-hybridized carbons (Fsp3) is 1.00. The first kappa shape index (κ1) is 41.0. The predicted octanol–water partition coefficient (Wildman–Crippen LogP) is 3.92. The van der Waals surface area contributed by atoms with E-state index in [0.717, 1.165) is 0 Å². The van der Waals surface area contributed by atoms with Crippen LogP contribution in [0.4, 0.5) is 79.0 Å². The summed E-state index contributed by atoms with van der Waals surface area (Å²) in [5.74, 6) is 0. The summed E-state index contributed by atoms with van der Waals surface area (Å²) < 4.78 is 255. The lowest BCUT2D eigenvalue weighted by Gasteiger charge is -2.35. The lowest BCUT2D eigenvalue weighted by molar-refractivity contribution is -0.351. The van der Waals surface area contributed by atoms with E-state index in [-0.39, 0.29) is 0 Å². The zero-order valence-electron chi connectivity index (χ0n) is 16.6. The summed E-state index contributed by atoms with van der Waals surface area (Å²) in [6.45, 7) is 1.28. The Bertz CT molecular complexity index is 824. The van der Waals surface area contributed by atoms with Crippen LogP contribution in [-0.2, 0) is 20.2 Å². The number of hydrogen-bond acceptors (Lipinski definition) is 6. The van der Waals surface area contributed by atoms with Gasteiger partial charge in [0.05, 0.1) is 0 Å². The van der Waals surface area contributed by atoms with E-state index in [0.29, 0.717) is 0 Å². The Morgan fingerprint density at radius 3 is 0.500 bits per heavy atom. The van der Waals surface area contributed by atoms with Gasteiger partial charge in [-0.15, -0.1) is 0 Å². The van der Waals surface area contributed by atoms with Gasteiger partial charge in [-0.2, -0.15) is 95.9 Å². The summed E-state index contributed by atoms with van der Waals surface area (Å²) in [4.78, 5) is 0. The third kappa shape index (κ3) is 7.78. The minimum atomic E-state index is -7.57. The number of alkyl halides is 18. The van der Waals surface area contributed by atoms with E-state index in [4.69, 9.17) is 19.3 Å². The lowest BCUT2D eigenvalue weighted by Crippen LogP contribution is -2.70. The number of aliphatic hydroxyl groups excluding tert-OH is 1. The predicted molar refractivity (Wildman–Crippen MR) is 78.8 cm³/mol. The molecule has 0 rings (SSSR count). The quantitative estimate of drug-likeness (QED) is 0.198. The van der Waals surface area contributed by atoms with Gasteiger partial charge in [0.25, 0.3) is 20.2 Å². The molecular weight excluding hydrogens is 654 g/mol. The SMILES string of the molecule is CC(O)O.O=S(=O)(O)C(C(F)(F)F)(C(F)(F)F)C(F)(F)F.O=S(=O)(O)C(C(F)(F)F)(C(F)(F)F)C(F)(F)F. The monoisotopic (exact) mass is 662 g/mol. The molecule has 0 heterocycles. The van der Waals surface area contributed by atoms with Gasteiger partial charge in [0.15, 0.2) is 0 Å². The summed E-state index contributed by atoms with van der Waals surface area (Å²) in [6, 6.07) is 0. The Kier molecular flexibility index (Phi) is 12.0. The molecule has 234 valence electrons. The van der Waals surface area contributed by atoms with Gasteiger partial charge in [0, 0.05) is 0 Å². The molecule has 0 fully saturated rings. The molecule has 0 aromatic heterocycles. The average molecular weight is 662 g/mol. The first-order chi connectivity index (χ1) is 15.7. The van der Waals surface area contributed by atoms with Crippen molar-refractivity contribution in [2.75, 3.05) is 0 Å². The second kappa shape index (κ2) is 11.2. The first-order valence-electron chi connectivity index (χ1n) is 7.44. The van der Waals surface area contributed by atoms with Crippen LogP contribution in [-0.4, -0.2) is 89.0 Å². The third-order valence-electron chi connectivity index (χ3n) is 3.17. The molecule has 0 spiro atoms. The second-order valence-electron chi connectivity index (χ2n) is 5.93. The van der Waals surface area contributed by atoms with Gasteiger partial charge in [-0.05, 0) is 6.92 Å². The average Bonchev–Trinajstić information content (AvgIpc) is 2.31. The molecule has 0 saturated heterocycles. The van der Waals surface area contributed by atoms with E-state index in [1.165, 1.54) is 6.92 Å². The summed E-state index contributed by atoms with van der Waals surface area (Å²) in [7, 11) is -15.1. The highest BCUT2D eigenvalue weighted by Crippen LogP contribution is 2.58. The summed E-state index contributed by atoms with van der Waals surface area (Å²) in [5, 5.41) is 15.2. The summed E-state index contributed by atoms with van der Waals surface area (Å²) in [5.41, 5.74) is 0. The smallest absolute Gasteiger partial charge is 0.368 e. The van der Waals surface area contributed by atoms with E-state index in [1.807, 2.05) is 0 Å². The Hall–Kier alpha value is -1.52. The van der Waals surface area contributed by atoms with Crippen molar-refractivity contribution in [1.29, 1.82) is 0 Å².